The Hall–Kier alpha value is -2.56. The number of ether oxygens (including phenoxy) is 2. The van der Waals surface area contributed by atoms with Crippen LogP contribution in [0.3, 0.4) is 0 Å². The number of halogens is 3. The molecule has 1 aliphatic carbocycles. The van der Waals surface area contributed by atoms with Gasteiger partial charge in [-0.25, -0.2) is 8.78 Å². The van der Waals surface area contributed by atoms with Crippen molar-refractivity contribution >= 4 is 29.1 Å². The fraction of sp³-hybridized carbons (Fsp3) is 0.421. The van der Waals surface area contributed by atoms with Crippen molar-refractivity contribution < 1.29 is 27.8 Å². The van der Waals surface area contributed by atoms with Crippen molar-refractivity contribution in [3.05, 3.63) is 46.2 Å². The number of methoxy groups -OCH3 is 1. The molecular weight excluding hydrogens is 422 g/mol. The van der Waals surface area contributed by atoms with Crippen LogP contribution in [0.5, 0.6) is 0 Å². The van der Waals surface area contributed by atoms with Crippen LogP contribution in [0.15, 0.2) is 18.3 Å². The van der Waals surface area contributed by atoms with E-state index in [-0.39, 0.29) is 30.3 Å². The van der Waals surface area contributed by atoms with Gasteiger partial charge in [-0.3, -0.25) is 14.7 Å². The zero-order valence-electron chi connectivity index (χ0n) is 16.1. The first-order valence-electron chi connectivity index (χ1n) is 9.30. The van der Waals surface area contributed by atoms with E-state index < -0.39 is 34.0 Å². The van der Waals surface area contributed by atoms with E-state index in [4.69, 9.17) is 21.1 Å². The van der Waals surface area contributed by atoms with Crippen LogP contribution in [0.2, 0.25) is 5.02 Å². The lowest BCUT2D eigenvalue weighted by molar-refractivity contribution is -0.0837. The Morgan fingerprint density at radius 2 is 1.97 bits per heavy atom. The summed E-state index contributed by atoms with van der Waals surface area (Å²) < 4.78 is 38.4. The van der Waals surface area contributed by atoms with E-state index in [9.17, 15) is 18.4 Å². The molecule has 2 aromatic rings. The van der Waals surface area contributed by atoms with Crippen molar-refractivity contribution in [2.24, 2.45) is 0 Å². The van der Waals surface area contributed by atoms with Gasteiger partial charge in [-0.05, 0) is 37.8 Å². The molecule has 1 saturated carbocycles. The first-order valence-corrected chi connectivity index (χ1v) is 9.68. The molecular formula is C19H21ClF2N4O4. The fourth-order valence-electron chi connectivity index (χ4n) is 3.27. The van der Waals surface area contributed by atoms with Crippen molar-refractivity contribution in [1.82, 2.24) is 15.5 Å². The third kappa shape index (κ3) is 5.13. The minimum Gasteiger partial charge on any atom is -0.359 e. The minimum absolute atomic E-state index is 0.00612. The van der Waals surface area contributed by atoms with E-state index in [0.29, 0.717) is 12.8 Å². The highest BCUT2D eigenvalue weighted by Crippen LogP contribution is 2.24. The van der Waals surface area contributed by atoms with Crippen LogP contribution in [0, 0.1) is 11.6 Å². The highest BCUT2D eigenvalue weighted by atomic mass is 35.5. The molecule has 0 atom stereocenters. The van der Waals surface area contributed by atoms with Crippen molar-refractivity contribution in [3.8, 4) is 0 Å². The van der Waals surface area contributed by atoms with E-state index in [2.05, 4.69) is 20.8 Å². The van der Waals surface area contributed by atoms with Crippen molar-refractivity contribution in [2.45, 2.75) is 37.8 Å². The maximum absolute atomic E-state index is 14.1. The molecule has 1 aliphatic rings. The summed E-state index contributed by atoms with van der Waals surface area (Å²) in [5.74, 6) is -3.86. The van der Waals surface area contributed by atoms with Gasteiger partial charge in [0.2, 0.25) is 0 Å². The number of carbonyl (C=O) groups is 2. The van der Waals surface area contributed by atoms with Crippen LogP contribution in [0.4, 0.5) is 14.5 Å². The molecule has 0 saturated heterocycles. The number of anilines is 1. The quantitative estimate of drug-likeness (QED) is 0.451. The third-order valence-corrected chi connectivity index (χ3v) is 5.10. The van der Waals surface area contributed by atoms with E-state index >= 15 is 0 Å². The topological polar surface area (TPSA) is 105 Å². The molecule has 0 spiro atoms. The molecule has 1 heterocycles. The highest BCUT2D eigenvalue weighted by molar-refractivity contribution is 6.31. The number of nitrogens with one attached hydrogen (secondary N) is 3. The van der Waals surface area contributed by atoms with E-state index in [1.54, 1.807) is 7.11 Å². The van der Waals surface area contributed by atoms with Gasteiger partial charge in [0.1, 0.15) is 18.2 Å². The second-order valence-corrected chi connectivity index (χ2v) is 7.25. The van der Waals surface area contributed by atoms with Crippen LogP contribution < -0.4 is 10.6 Å². The summed E-state index contributed by atoms with van der Waals surface area (Å²) in [6, 6.07) is 1.81. The molecule has 0 aliphatic heterocycles. The van der Waals surface area contributed by atoms with Gasteiger partial charge in [-0.15, -0.1) is 0 Å². The number of hydrogen-bond acceptors (Lipinski definition) is 5. The number of aromatic nitrogens is 2. The second-order valence-electron chi connectivity index (χ2n) is 6.84. The molecule has 11 heteroatoms. The normalized spacial score (nSPS) is 18.8. The molecule has 3 rings (SSSR count). The fourth-order valence-corrected chi connectivity index (χ4v) is 3.43. The van der Waals surface area contributed by atoms with Gasteiger partial charge >= 0.3 is 0 Å². The molecule has 1 aromatic carbocycles. The minimum atomic E-state index is -1.18. The Morgan fingerprint density at radius 3 is 2.67 bits per heavy atom. The summed E-state index contributed by atoms with van der Waals surface area (Å²) >= 11 is 5.62. The number of nitrogens with zero attached hydrogens (tertiary/aromatic N) is 1. The Balaban J connectivity index is 1.62. The number of hydrogen-bond donors (Lipinski definition) is 3. The molecule has 0 unspecified atom stereocenters. The molecule has 2 amide bonds. The van der Waals surface area contributed by atoms with Crippen LogP contribution in [-0.2, 0) is 9.47 Å². The summed E-state index contributed by atoms with van der Waals surface area (Å²) in [4.78, 5) is 24.9. The van der Waals surface area contributed by atoms with Gasteiger partial charge in [0, 0.05) is 19.3 Å². The molecule has 0 radical (unpaired) electrons. The van der Waals surface area contributed by atoms with Crippen LogP contribution in [0.1, 0.15) is 46.5 Å². The number of carbonyl (C=O) groups excluding carboxylic acids is 2. The molecule has 1 aromatic heterocycles. The Labute approximate surface area is 176 Å². The zero-order valence-corrected chi connectivity index (χ0v) is 16.9. The van der Waals surface area contributed by atoms with Crippen LogP contribution >= 0.6 is 11.6 Å². The van der Waals surface area contributed by atoms with Gasteiger partial charge in [-0.1, -0.05) is 11.6 Å². The molecule has 30 heavy (non-hydrogen) atoms. The zero-order chi connectivity index (χ0) is 21.7. The first kappa shape index (κ1) is 22.1. The second kappa shape index (κ2) is 9.96. The Bertz CT molecular complexity index is 916. The Morgan fingerprint density at radius 1 is 1.23 bits per heavy atom. The lowest BCUT2D eigenvalue weighted by Gasteiger charge is -2.28. The maximum Gasteiger partial charge on any atom is 0.274 e. The van der Waals surface area contributed by atoms with E-state index in [1.807, 2.05) is 0 Å². The number of rotatable bonds is 7. The smallest absolute Gasteiger partial charge is 0.274 e. The molecule has 3 N–H and O–H groups in total. The maximum atomic E-state index is 14.1. The van der Waals surface area contributed by atoms with Gasteiger partial charge in [0.25, 0.3) is 11.8 Å². The SMILES string of the molecule is COCOC1CCC(NC(=O)c2n[nH]cc2NC(=O)c2c(F)ccc(Cl)c2F)CC1. The van der Waals surface area contributed by atoms with E-state index in [1.165, 1.54) is 6.20 Å². The van der Waals surface area contributed by atoms with Crippen molar-refractivity contribution in [3.63, 3.8) is 0 Å². The van der Waals surface area contributed by atoms with Crippen molar-refractivity contribution in [1.29, 1.82) is 0 Å². The monoisotopic (exact) mass is 442 g/mol. The summed E-state index contributed by atoms with van der Waals surface area (Å²) in [5, 5.41) is 11.1. The summed E-state index contributed by atoms with van der Waals surface area (Å²) in [7, 11) is 1.56. The molecule has 8 nitrogen and oxygen atoms in total. The molecule has 162 valence electrons. The van der Waals surface area contributed by atoms with Gasteiger partial charge < -0.3 is 20.1 Å². The number of H-pyrrole nitrogens is 1. The molecule has 0 bridgehead atoms. The average molecular weight is 443 g/mol. The highest BCUT2D eigenvalue weighted by Gasteiger charge is 2.26. The van der Waals surface area contributed by atoms with Crippen LogP contribution in [-0.4, -0.2) is 48.1 Å². The lowest BCUT2D eigenvalue weighted by atomic mass is 9.93. The largest absolute Gasteiger partial charge is 0.359 e. The summed E-state index contributed by atoms with van der Waals surface area (Å²) in [5.41, 5.74) is -0.943. The predicted octanol–water partition coefficient (Wildman–Crippen LogP) is 3.26. The first-order chi connectivity index (χ1) is 14.4. The number of aromatic amines is 1. The average Bonchev–Trinajstić information content (AvgIpc) is 3.18. The predicted molar refractivity (Wildman–Crippen MR) is 104 cm³/mol. The number of amides is 2. The van der Waals surface area contributed by atoms with Gasteiger partial charge in [0.15, 0.2) is 11.5 Å². The molecule has 1 fully saturated rings. The van der Waals surface area contributed by atoms with Crippen LogP contribution in [0.25, 0.3) is 0 Å². The van der Waals surface area contributed by atoms with Gasteiger partial charge in [-0.2, -0.15) is 5.10 Å². The van der Waals surface area contributed by atoms with Gasteiger partial charge in [0.05, 0.1) is 16.8 Å². The van der Waals surface area contributed by atoms with Crippen molar-refractivity contribution in [2.75, 3.05) is 19.2 Å². The number of benzene rings is 1. The standard InChI is InChI=1S/C19H21ClF2N4O4/c1-29-9-30-11-4-2-10(3-5-11)24-19(28)17-14(8-23-26-17)25-18(27)15-13(21)7-6-12(20)16(15)22/h6-8,10-11H,2-5,9H2,1H3,(H,23,26)(H,24,28)(H,25,27). The van der Waals surface area contributed by atoms with E-state index in [0.717, 1.165) is 25.0 Å². The summed E-state index contributed by atoms with van der Waals surface area (Å²) in [6.45, 7) is 0.228. The third-order valence-electron chi connectivity index (χ3n) is 4.81. The summed E-state index contributed by atoms with van der Waals surface area (Å²) in [6.07, 6.45) is 4.30. The Kier molecular flexibility index (Phi) is 7.35. The lowest BCUT2D eigenvalue weighted by Crippen LogP contribution is -2.39.